The van der Waals surface area contributed by atoms with Crippen LogP contribution in [0, 0.1) is 5.92 Å². The Hall–Kier alpha value is -1.70. The van der Waals surface area contributed by atoms with E-state index in [0.29, 0.717) is 25.9 Å². The number of sulfonamides is 1. The SMILES string of the molecule is O=C(C1CCN(S(=O)(=O)Cc2ccccc2)CC1)N1CCCC1c1cccc(Br)c1. The molecular weight excluding hydrogens is 464 g/mol. The molecule has 2 aliphatic rings. The fourth-order valence-electron chi connectivity index (χ4n) is 4.58. The third kappa shape index (κ3) is 4.79. The fourth-order valence-corrected chi connectivity index (χ4v) is 6.56. The topological polar surface area (TPSA) is 57.7 Å². The summed E-state index contributed by atoms with van der Waals surface area (Å²) in [6, 6.07) is 17.6. The van der Waals surface area contributed by atoms with E-state index in [9.17, 15) is 13.2 Å². The molecule has 2 saturated heterocycles. The molecule has 0 saturated carbocycles. The van der Waals surface area contributed by atoms with E-state index >= 15 is 0 Å². The van der Waals surface area contributed by atoms with E-state index in [4.69, 9.17) is 0 Å². The minimum absolute atomic E-state index is 0.0174. The van der Waals surface area contributed by atoms with Crippen LogP contribution in [0.5, 0.6) is 0 Å². The molecule has 0 spiro atoms. The summed E-state index contributed by atoms with van der Waals surface area (Å²) in [5, 5.41) is 0. The van der Waals surface area contributed by atoms with Crippen molar-refractivity contribution in [2.75, 3.05) is 19.6 Å². The molecule has 30 heavy (non-hydrogen) atoms. The van der Waals surface area contributed by atoms with Crippen molar-refractivity contribution in [3.8, 4) is 0 Å². The van der Waals surface area contributed by atoms with E-state index in [0.717, 1.165) is 35.0 Å². The molecule has 0 N–H and O–H groups in total. The fraction of sp³-hybridized carbons (Fsp3) is 0.435. The Balaban J connectivity index is 1.38. The number of halogens is 1. The second-order valence-electron chi connectivity index (χ2n) is 8.16. The molecule has 1 unspecified atom stereocenters. The van der Waals surface area contributed by atoms with Crippen LogP contribution in [0.4, 0.5) is 0 Å². The average molecular weight is 491 g/mol. The van der Waals surface area contributed by atoms with E-state index in [1.54, 1.807) is 4.31 Å². The molecule has 0 bridgehead atoms. The van der Waals surface area contributed by atoms with Gasteiger partial charge in [0.2, 0.25) is 15.9 Å². The Labute approximate surface area is 187 Å². The van der Waals surface area contributed by atoms with Crippen LogP contribution >= 0.6 is 15.9 Å². The molecule has 0 aliphatic carbocycles. The summed E-state index contributed by atoms with van der Waals surface area (Å²) in [4.78, 5) is 15.3. The number of benzene rings is 2. The van der Waals surface area contributed by atoms with Gasteiger partial charge in [-0.3, -0.25) is 4.79 Å². The van der Waals surface area contributed by atoms with Gasteiger partial charge in [0.15, 0.2) is 0 Å². The molecule has 4 rings (SSSR count). The number of carbonyl (C=O) groups is 1. The summed E-state index contributed by atoms with van der Waals surface area (Å²) >= 11 is 3.53. The van der Waals surface area contributed by atoms with Crippen molar-refractivity contribution in [2.45, 2.75) is 37.5 Å². The lowest BCUT2D eigenvalue weighted by atomic mass is 9.95. The van der Waals surface area contributed by atoms with E-state index in [-0.39, 0.29) is 23.6 Å². The zero-order valence-electron chi connectivity index (χ0n) is 16.9. The molecule has 2 aromatic carbocycles. The molecular formula is C23H27BrN2O3S. The molecule has 0 aromatic heterocycles. The molecule has 5 nitrogen and oxygen atoms in total. The van der Waals surface area contributed by atoms with Gasteiger partial charge in [-0.25, -0.2) is 12.7 Å². The summed E-state index contributed by atoms with van der Waals surface area (Å²) in [7, 11) is -3.36. The summed E-state index contributed by atoms with van der Waals surface area (Å²) in [6.45, 7) is 1.62. The van der Waals surface area contributed by atoms with Gasteiger partial charge in [0.25, 0.3) is 0 Å². The maximum absolute atomic E-state index is 13.3. The van der Waals surface area contributed by atoms with Crippen LogP contribution in [-0.4, -0.2) is 43.2 Å². The van der Waals surface area contributed by atoms with E-state index in [1.807, 2.05) is 47.4 Å². The maximum Gasteiger partial charge on any atom is 0.226 e. The molecule has 2 fully saturated rings. The first-order valence-corrected chi connectivity index (χ1v) is 12.9. The number of nitrogens with zero attached hydrogens (tertiary/aromatic N) is 2. The number of amides is 1. The lowest BCUT2D eigenvalue weighted by Gasteiger charge is -2.34. The number of hydrogen-bond acceptors (Lipinski definition) is 3. The van der Waals surface area contributed by atoms with Crippen LogP contribution in [0.25, 0.3) is 0 Å². The van der Waals surface area contributed by atoms with Gasteiger partial charge in [0, 0.05) is 30.0 Å². The first-order valence-electron chi connectivity index (χ1n) is 10.5. The van der Waals surface area contributed by atoms with Gasteiger partial charge in [-0.05, 0) is 48.9 Å². The van der Waals surface area contributed by atoms with Crippen molar-refractivity contribution >= 4 is 31.9 Å². The highest BCUT2D eigenvalue weighted by molar-refractivity contribution is 9.10. The van der Waals surface area contributed by atoms with Gasteiger partial charge in [-0.2, -0.15) is 0 Å². The van der Waals surface area contributed by atoms with E-state index in [1.165, 1.54) is 0 Å². The van der Waals surface area contributed by atoms with Crippen molar-refractivity contribution in [3.63, 3.8) is 0 Å². The molecule has 160 valence electrons. The lowest BCUT2D eigenvalue weighted by Crippen LogP contribution is -2.44. The first kappa shape index (κ1) is 21.5. The number of piperidine rings is 1. The Morgan fingerprint density at radius 1 is 0.967 bits per heavy atom. The molecule has 1 atom stereocenters. The second kappa shape index (κ2) is 9.20. The number of hydrogen-bond donors (Lipinski definition) is 0. The average Bonchev–Trinajstić information content (AvgIpc) is 3.24. The Kier molecular flexibility index (Phi) is 6.60. The predicted octanol–water partition coefficient (Wildman–Crippen LogP) is 4.35. The van der Waals surface area contributed by atoms with Crippen LogP contribution in [0.2, 0.25) is 0 Å². The molecule has 0 radical (unpaired) electrons. The molecule has 2 aromatic rings. The molecule has 1 amide bonds. The second-order valence-corrected chi connectivity index (χ2v) is 11.0. The number of carbonyl (C=O) groups excluding carboxylic acids is 1. The minimum Gasteiger partial charge on any atom is -0.335 e. The smallest absolute Gasteiger partial charge is 0.226 e. The van der Waals surface area contributed by atoms with Crippen LogP contribution in [0.1, 0.15) is 42.9 Å². The largest absolute Gasteiger partial charge is 0.335 e. The normalized spacial score (nSPS) is 21.1. The Morgan fingerprint density at radius 2 is 1.70 bits per heavy atom. The van der Waals surface area contributed by atoms with Crippen LogP contribution in [-0.2, 0) is 20.6 Å². The van der Waals surface area contributed by atoms with Crippen molar-refractivity contribution in [1.82, 2.24) is 9.21 Å². The van der Waals surface area contributed by atoms with Crippen molar-refractivity contribution in [2.24, 2.45) is 5.92 Å². The molecule has 7 heteroatoms. The summed E-state index contributed by atoms with van der Waals surface area (Å²) in [5.41, 5.74) is 1.96. The van der Waals surface area contributed by atoms with Gasteiger partial charge in [0.05, 0.1) is 11.8 Å². The monoisotopic (exact) mass is 490 g/mol. The van der Waals surface area contributed by atoms with Gasteiger partial charge < -0.3 is 4.90 Å². The minimum atomic E-state index is -3.36. The highest BCUT2D eigenvalue weighted by atomic mass is 79.9. The van der Waals surface area contributed by atoms with Crippen LogP contribution < -0.4 is 0 Å². The third-order valence-corrected chi connectivity index (χ3v) is 8.50. The summed E-state index contributed by atoms with van der Waals surface area (Å²) in [5.74, 6) is 0.0994. The van der Waals surface area contributed by atoms with Gasteiger partial charge in [-0.1, -0.05) is 58.4 Å². The molecule has 2 heterocycles. The van der Waals surface area contributed by atoms with E-state index < -0.39 is 10.0 Å². The lowest BCUT2D eigenvalue weighted by molar-refractivity contribution is -0.137. The molecule has 2 aliphatic heterocycles. The zero-order valence-corrected chi connectivity index (χ0v) is 19.3. The van der Waals surface area contributed by atoms with Crippen LogP contribution in [0.15, 0.2) is 59.1 Å². The van der Waals surface area contributed by atoms with Gasteiger partial charge >= 0.3 is 0 Å². The summed E-state index contributed by atoms with van der Waals surface area (Å²) < 4.78 is 28.1. The van der Waals surface area contributed by atoms with Crippen molar-refractivity contribution < 1.29 is 13.2 Å². The zero-order chi connectivity index (χ0) is 21.1. The van der Waals surface area contributed by atoms with Crippen molar-refractivity contribution in [1.29, 1.82) is 0 Å². The first-order chi connectivity index (χ1) is 14.4. The maximum atomic E-state index is 13.3. The number of rotatable bonds is 5. The predicted molar refractivity (Wildman–Crippen MR) is 121 cm³/mol. The quantitative estimate of drug-likeness (QED) is 0.625. The standard InChI is InChI=1S/C23H27BrN2O3S/c24-21-9-4-8-20(16-21)22-10-5-13-26(22)23(27)19-11-14-25(15-12-19)30(28,29)17-18-6-2-1-3-7-18/h1-4,6-9,16,19,22H,5,10-15,17H2. The number of likely N-dealkylation sites (tertiary alicyclic amines) is 1. The van der Waals surface area contributed by atoms with E-state index in [2.05, 4.69) is 28.1 Å². The summed E-state index contributed by atoms with van der Waals surface area (Å²) in [6.07, 6.45) is 3.17. The van der Waals surface area contributed by atoms with Crippen LogP contribution in [0.3, 0.4) is 0 Å². The third-order valence-electron chi connectivity index (χ3n) is 6.16. The highest BCUT2D eigenvalue weighted by Gasteiger charge is 2.37. The Bertz CT molecular complexity index is 989. The van der Waals surface area contributed by atoms with Gasteiger partial charge in [-0.15, -0.1) is 0 Å². The Morgan fingerprint density at radius 3 is 2.40 bits per heavy atom. The van der Waals surface area contributed by atoms with Gasteiger partial charge in [0.1, 0.15) is 0 Å². The van der Waals surface area contributed by atoms with Crippen molar-refractivity contribution in [3.05, 3.63) is 70.2 Å². The highest BCUT2D eigenvalue weighted by Crippen LogP contribution is 2.35.